The van der Waals surface area contributed by atoms with E-state index < -0.39 is 0 Å². The number of nitrogens with zero attached hydrogens (tertiary/aromatic N) is 2. The van der Waals surface area contributed by atoms with Crippen LogP contribution in [0.3, 0.4) is 0 Å². The molecule has 108 valence electrons. The second kappa shape index (κ2) is 6.00. The van der Waals surface area contributed by atoms with Crippen LogP contribution in [0.1, 0.15) is 32.1 Å². The third kappa shape index (κ3) is 2.90. The Labute approximate surface area is 124 Å². The molecule has 2 heterocycles. The predicted molar refractivity (Wildman–Crippen MR) is 76.8 cm³/mol. The van der Waals surface area contributed by atoms with Gasteiger partial charge in [0.25, 0.3) is 0 Å². The molecule has 4 nitrogen and oxygen atoms in total. The van der Waals surface area contributed by atoms with Gasteiger partial charge in [-0.2, -0.15) is 0 Å². The van der Waals surface area contributed by atoms with E-state index in [1.54, 1.807) is 18.5 Å². The molecule has 0 aromatic carbocycles. The number of piperidine rings is 1. The summed E-state index contributed by atoms with van der Waals surface area (Å²) in [4.78, 5) is 18.2. The molecular weight excluding hydrogens is 276 g/mol. The quantitative estimate of drug-likeness (QED) is 0.861. The van der Waals surface area contributed by atoms with E-state index in [2.05, 4.69) is 4.98 Å². The van der Waals surface area contributed by atoms with Gasteiger partial charge < -0.3 is 9.64 Å². The lowest BCUT2D eigenvalue weighted by Gasteiger charge is -2.37. The van der Waals surface area contributed by atoms with Gasteiger partial charge in [0.2, 0.25) is 5.91 Å². The summed E-state index contributed by atoms with van der Waals surface area (Å²) in [5.41, 5.74) is 0. The number of carbonyl (C=O) groups is 1. The first-order valence-corrected chi connectivity index (χ1v) is 7.67. The molecule has 1 amide bonds. The van der Waals surface area contributed by atoms with E-state index in [0.29, 0.717) is 23.2 Å². The van der Waals surface area contributed by atoms with Crippen molar-refractivity contribution in [3.63, 3.8) is 0 Å². The monoisotopic (exact) mass is 294 g/mol. The molecule has 0 spiro atoms. The molecule has 1 aromatic rings. The summed E-state index contributed by atoms with van der Waals surface area (Å²) in [7, 11) is 0. The third-order valence-corrected chi connectivity index (χ3v) is 4.46. The largest absolute Gasteiger partial charge is 0.487 e. The van der Waals surface area contributed by atoms with Crippen molar-refractivity contribution >= 4 is 17.5 Å². The second-order valence-electron chi connectivity index (χ2n) is 5.60. The average Bonchev–Trinajstić information content (AvgIpc) is 2.40. The Hall–Kier alpha value is -1.29. The van der Waals surface area contributed by atoms with Crippen LogP contribution in [0.5, 0.6) is 5.75 Å². The Morgan fingerprint density at radius 3 is 2.90 bits per heavy atom. The summed E-state index contributed by atoms with van der Waals surface area (Å²) in [5, 5.41) is 0.523. The van der Waals surface area contributed by atoms with E-state index in [4.69, 9.17) is 16.3 Å². The second-order valence-corrected chi connectivity index (χ2v) is 6.01. The number of amides is 1. The van der Waals surface area contributed by atoms with Crippen molar-refractivity contribution < 1.29 is 9.53 Å². The third-order valence-electron chi connectivity index (χ3n) is 4.17. The van der Waals surface area contributed by atoms with Crippen LogP contribution in [0.4, 0.5) is 0 Å². The highest BCUT2D eigenvalue weighted by molar-refractivity contribution is 6.31. The molecule has 1 saturated carbocycles. The Morgan fingerprint density at radius 1 is 1.35 bits per heavy atom. The van der Waals surface area contributed by atoms with Gasteiger partial charge in [-0.1, -0.05) is 18.0 Å². The highest BCUT2D eigenvalue weighted by atomic mass is 35.5. The SMILES string of the molecule is O=C(C1CCC1)N1CCC[C@H](Oc2ccncc2Cl)C1. The topological polar surface area (TPSA) is 42.4 Å². The minimum absolute atomic E-state index is 0.0349. The van der Waals surface area contributed by atoms with E-state index in [-0.39, 0.29) is 12.0 Å². The van der Waals surface area contributed by atoms with E-state index in [9.17, 15) is 4.79 Å². The van der Waals surface area contributed by atoms with Crippen molar-refractivity contribution in [2.45, 2.75) is 38.2 Å². The number of hydrogen-bond donors (Lipinski definition) is 0. The van der Waals surface area contributed by atoms with Gasteiger partial charge in [-0.25, -0.2) is 0 Å². The lowest BCUT2D eigenvalue weighted by molar-refractivity contribution is -0.140. The first-order valence-electron chi connectivity index (χ1n) is 7.29. The van der Waals surface area contributed by atoms with E-state index in [1.165, 1.54) is 6.42 Å². The first kappa shape index (κ1) is 13.7. The van der Waals surface area contributed by atoms with Crippen molar-refractivity contribution in [3.8, 4) is 5.75 Å². The number of aromatic nitrogens is 1. The van der Waals surface area contributed by atoms with Crippen LogP contribution in [-0.4, -0.2) is 35.0 Å². The Bertz CT molecular complexity index is 491. The smallest absolute Gasteiger partial charge is 0.225 e. The summed E-state index contributed by atoms with van der Waals surface area (Å²) in [6.45, 7) is 1.53. The fraction of sp³-hybridized carbons (Fsp3) is 0.600. The number of carbonyl (C=O) groups excluding carboxylic acids is 1. The molecule has 2 aliphatic rings. The van der Waals surface area contributed by atoms with Crippen LogP contribution in [0.2, 0.25) is 5.02 Å². The van der Waals surface area contributed by atoms with Gasteiger partial charge >= 0.3 is 0 Å². The Kier molecular flexibility index (Phi) is 4.10. The van der Waals surface area contributed by atoms with Crippen molar-refractivity contribution in [1.82, 2.24) is 9.88 Å². The van der Waals surface area contributed by atoms with Crippen LogP contribution in [0.15, 0.2) is 18.5 Å². The molecular formula is C15H19ClN2O2. The highest BCUT2D eigenvalue weighted by Gasteiger charge is 2.32. The maximum absolute atomic E-state index is 12.3. The minimum Gasteiger partial charge on any atom is -0.487 e. The molecule has 20 heavy (non-hydrogen) atoms. The molecule has 0 bridgehead atoms. The van der Waals surface area contributed by atoms with Crippen molar-refractivity contribution in [2.75, 3.05) is 13.1 Å². The Balaban J connectivity index is 1.60. The number of hydrogen-bond acceptors (Lipinski definition) is 3. The van der Waals surface area contributed by atoms with Gasteiger partial charge in [0.15, 0.2) is 0 Å². The lowest BCUT2D eigenvalue weighted by atomic mass is 9.84. The zero-order valence-electron chi connectivity index (χ0n) is 11.4. The van der Waals surface area contributed by atoms with Crippen LogP contribution in [0, 0.1) is 5.92 Å². The average molecular weight is 295 g/mol. The van der Waals surface area contributed by atoms with Crippen molar-refractivity contribution in [2.24, 2.45) is 5.92 Å². The van der Waals surface area contributed by atoms with Gasteiger partial charge in [0, 0.05) is 30.9 Å². The number of likely N-dealkylation sites (tertiary alicyclic amines) is 1. The summed E-state index contributed by atoms with van der Waals surface area (Å²) < 4.78 is 5.93. The zero-order chi connectivity index (χ0) is 13.9. The maximum Gasteiger partial charge on any atom is 0.225 e. The van der Waals surface area contributed by atoms with E-state index >= 15 is 0 Å². The van der Waals surface area contributed by atoms with Crippen LogP contribution in [0.25, 0.3) is 0 Å². The number of ether oxygens (including phenoxy) is 1. The van der Waals surface area contributed by atoms with E-state index in [1.807, 2.05) is 4.90 Å². The summed E-state index contributed by atoms with van der Waals surface area (Å²) in [6.07, 6.45) is 8.54. The van der Waals surface area contributed by atoms with Crippen LogP contribution in [-0.2, 0) is 4.79 Å². The van der Waals surface area contributed by atoms with Crippen molar-refractivity contribution in [1.29, 1.82) is 0 Å². The van der Waals surface area contributed by atoms with Crippen molar-refractivity contribution in [3.05, 3.63) is 23.5 Å². The van der Waals surface area contributed by atoms with Gasteiger partial charge in [0.1, 0.15) is 16.9 Å². The number of rotatable bonds is 3. The molecule has 5 heteroatoms. The van der Waals surface area contributed by atoms with Crippen LogP contribution < -0.4 is 4.74 Å². The minimum atomic E-state index is 0.0349. The normalized spacial score (nSPS) is 23.2. The summed E-state index contributed by atoms with van der Waals surface area (Å²) in [6, 6.07) is 1.77. The van der Waals surface area contributed by atoms with Gasteiger partial charge in [0.05, 0.1) is 6.54 Å². The molecule has 2 fully saturated rings. The number of halogens is 1. The van der Waals surface area contributed by atoms with Gasteiger partial charge in [-0.05, 0) is 25.7 Å². The van der Waals surface area contributed by atoms with Crippen LogP contribution >= 0.6 is 11.6 Å². The molecule has 1 aliphatic heterocycles. The fourth-order valence-corrected chi connectivity index (χ4v) is 2.95. The van der Waals surface area contributed by atoms with E-state index in [0.717, 1.165) is 32.2 Å². The lowest BCUT2D eigenvalue weighted by Crippen LogP contribution is -2.47. The fourth-order valence-electron chi connectivity index (χ4n) is 2.79. The molecule has 3 rings (SSSR count). The van der Waals surface area contributed by atoms with Gasteiger partial charge in [-0.15, -0.1) is 0 Å². The number of pyridine rings is 1. The standard InChI is InChI=1S/C15H19ClN2O2/c16-13-9-17-7-6-14(13)20-12-5-2-8-18(10-12)15(19)11-3-1-4-11/h6-7,9,11-12H,1-5,8,10H2/t12-/m0/s1. The Morgan fingerprint density at radius 2 is 2.20 bits per heavy atom. The first-order chi connectivity index (χ1) is 9.74. The molecule has 0 N–H and O–H groups in total. The molecule has 0 unspecified atom stereocenters. The zero-order valence-corrected chi connectivity index (χ0v) is 12.2. The molecule has 1 aromatic heterocycles. The maximum atomic E-state index is 12.3. The molecule has 1 aliphatic carbocycles. The summed E-state index contributed by atoms with van der Waals surface area (Å²) >= 11 is 6.06. The van der Waals surface area contributed by atoms with Gasteiger partial charge in [-0.3, -0.25) is 9.78 Å². The summed E-state index contributed by atoms with van der Waals surface area (Å²) in [5.74, 6) is 1.23. The predicted octanol–water partition coefficient (Wildman–Crippen LogP) is 2.90. The highest BCUT2D eigenvalue weighted by Crippen LogP contribution is 2.30. The molecule has 0 radical (unpaired) electrons. The molecule has 1 saturated heterocycles. The molecule has 1 atom stereocenters.